The number of nitrogens with two attached hydrogens (primary N) is 1. The average Bonchev–Trinajstić information content (AvgIpc) is 2.38. The molecule has 0 fully saturated rings. The minimum absolute atomic E-state index is 0.0617. The molecule has 1 atom stereocenters. The molecular formula is C16H17N. The first-order valence-electron chi connectivity index (χ1n) is 5.85. The maximum atomic E-state index is 5.95. The molecule has 0 saturated carbocycles. The van der Waals surface area contributed by atoms with Crippen LogP contribution in [0.4, 0.5) is 0 Å². The van der Waals surface area contributed by atoms with Gasteiger partial charge in [-0.25, -0.2) is 0 Å². The molecule has 0 aliphatic carbocycles. The van der Waals surface area contributed by atoms with Gasteiger partial charge in [-0.15, -0.1) is 0 Å². The molecule has 0 aliphatic rings. The summed E-state index contributed by atoms with van der Waals surface area (Å²) in [4.78, 5) is 0. The summed E-state index contributed by atoms with van der Waals surface area (Å²) in [5, 5.41) is 0. The van der Waals surface area contributed by atoms with Gasteiger partial charge in [0.25, 0.3) is 0 Å². The van der Waals surface area contributed by atoms with Gasteiger partial charge in [-0.2, -0.15) is 0 Å². The van der Waals surface area contributed by atoms with Crippen LogP contribution >= 0.6 is 0 Å². The van der Waals surface area contributed by atoms with Gasteiger partial charge in [0.1, 0.15) is 0 Å². The van der Waals surface area contributed by atoms with Gasteiger partial charge in [-0.1, -0.05) is 66.7 Å². The SMILES string of the molecule is C[C@H](N)c1ccccc1/C=C/c1ccccc1. The second-order valence-corrected chi connectivity index (χ2v) is 4.16. The normalized spacial score (nSPS) is 12.8. The van der Waals surface area contributed by atoms with Gasteiger partial charge in [-0.3, -0.25) is 0 Å². The lowest BCUT2D eigenvalue weighted by Crippen LogP contribution is -2.06. The first-order valence-corrected chi connectivity index (χ1v) is 5.85. The minimum atomic E-state index is 0.0617. The predicted octanol–water partition coefficient (Wildman–Crippen LogP) is 3.88. The third-order valence-corrected chi connectivity index (χ3v) is 2.74. The molecule has 0 unspecified atom stereocenters. The highest BCUT2D eigenvalue weighted by Gasteiger charge is 2.02. The molecule has 0 bridgehead atoms. The second-order valence-electron chi connectivity index (χ2n) is 4.16. The lowest BCUT2D eigenvalue weighted by Gasteiger charge is -2.09. The Hall–Kier alpha value is -1.86. The molecule has 1 nitrogen and oxygen atoms in total. The third-order valence-electron chi connectivity index (χ3n) is 2.74. The molecule has 86 valence electrons. The van der Waals surface area contributed by atoms with E-state index in [4.69, 9.17) is 5.73 Å². The van der Waals surface area contributed by atoms with Crippen LogP contribution in [0, 0.1) is 0 Å². The summed E-state index contributed by atoms with van der Waals surface area (Å²) in [7, 11) is 0. The second kappa shape index (κ2) is 5.46. The van der Waals surface area contributed by atoms with Crippen LogP contribution in [0.5, 0.6) is 0 Å². The molecule has 0 radical (unpaired) electrons. The zero-order valence-electron chi connectivity index (χ0n) is 10.0. The summed E-state index contributed by atoms with van der Waals surface area (Å²) in [5.74, 6) is 0. The molecule has 2 aromatic carbocycles. The van der Waals surface area contributed by atoms with E-state index >= 15 is 0 Å². The Morgan fingerprint density at radius 1 is 0.882 bits per heavy atom. The lowest BCUT2D eigenvalue weighted by molar-refractivity contribution is 0.816. The van der Waals surface area contributed by atoms with E-state index in [1.807, 2.05) is 37.3 Å². The van der Waals surface area contributed by atoms with E-state index in [2.05, 4.69) is 36.4 Å². The third kappa shape index (κ3) is 3.05. The summed E-state index contributed by atoms with van der Waals surface area (Å²) in [6.45, 7) is 2.01. The van der Waals surface area contributed by atoms with Gasteiger partial charge in [0, 0.05) is 6.04 Å². The highest BCUT2D eigenvalue weighted by atomic mass is 14.6. The fraction of sp³-hybridized carbons (Fsp3) is 0.125. The summed E-state index contributed by atoms with van der Waals surface area (Å²) in [6, 6.07) is 18.6. The van der Waals surface area contributed by atoms with Crippen LogP contribution in [-0.2, 0) is 0 Å². The zero-order valence-corrected chi connectivity index (χ0v) is 10.0. The van der Waals surface area contributed by atoms with Crippen molar-refractivity contribution >= 4 is 12.2 Å². The van der Waals surface area contributed by atoms with Crippen LogP contribution in [0.15, 0.2) is 54.6 Å². The average molecular weight is 223 g/mol. The summed E-state index contributed by atoms with van der Waals surface area (Å²) in [5.41, 5.74) is 9.52. The molecular weight excluding hydrogens is 206 g/mol. The highest BCUT2D eigenvalue weighted by molar-refractivity contribution is 5.71. The van der Waals surface area contributed by atoms with E-state index in [9.17, 15) is 0 Å². The van der Waals surface area contributed by atoms with Crippen molar-refractivity contribution < 1.29 is 0 Å². The molecule has 0 aromatic heterocycles. The zero-order chi connectivity index (χ0) is 12.1. The molecule has 0 aliphatic heterocycles. The molecule has 1 heteroatoms. The van der Waals surface area contributed by atoms with Crippen molar-refractivity contribution in [3.63, 3.8) is 0 Å². The van der Waals surface area contributed by atoms with E-state index in [0.717, 1.165) is 0 Å². The largest absolute Gasteiger partial charge is 0.324 e. The standard InChI is InChI=1S/C16H17N/c1-13(17)16-10-6-5-9-15(16)12-11-14-7-3-2-4-8-14/h2-13H,17H2,1H3/b12-11+/t13-/m0/s1. The molecule has 0 spiro atoms. The van der Waals surface area contributed by atoms with E-state index < -0.39 is 0 Å². The minimum Gasteiger partial charge on any atom is -0.324 e. The number of hydrogen-bond donors (Lipinski definition) is 1. The first-order chi connectivity index (χ1) is 8.27. The maximum absolute atomic E-state index is 5.95. The van der Waals surface area contributed by atoms with E-state index in [-0.39, 0.29) is 6.04 Å². The molecule has 0 heterocycles. The quantitative estimate of drug-likeness (QED) is 0.785. The van der Waals surface area contributed by atoms with Crippen molar-refractivity contribution in [1.29, 1.82) is 0 Å². The molecule has 2 rings (SSSR count). The van der Waals surface area contributed by atoms with Gasteiger partial charge in [0.2, 0.25) is 0 Å². The Morgan fingerprint density at radius 2 is 1.53 bits per heavy atom. The van der Waals surface area contributed by atoms with Crippen LogP contribution in [0.25, 0.3) is 12.2 Å². The van der Waals surface area contributed by atoms with Crippen LogP contribution in [-0.4, -0.2) is 0 Å². The van der Waals surface area contributed by atoms with Crippen LogP contribution < -0.4 is 5.73 Å². The molecule has 0 amide bonds. The summed E-state index contributed by atoms with van der Waals surface area (Å²) >= 11 is 0. The van der Waals surface area contributed by atoms with Crippen molar-refractivity contribution in [3.8, 4) is 0 Å². The van der Waals surface area contributed by atoms with E-state index in [1.54, 1.807) is 0 Å². The maximum Gasteiger partial charge on any atom is 0.0272 e. The van der Waals surface area contributed by atoms with Gasteiger partial charge in [-0.05, 0) is 23.6 Å². The van der Waals surface area contributed by atoms with Crippen molar-refractivity contribution in [2.45, 2.75) is 13.0 Å². The summed E-state index contributed by atoms with van der Waals surface area (Å²) in [6.07, 6.45) is 4.23. The van der Waals surface area contributed by atoms with Crippen LogP contribution in [0.1, 0.15) is 29.7 Å². The highest BCUT2D eigenvalue weighted by Crippen LogP contribution is 2.18. The van der Waals surface area contributed by atoms with Gasteiger partial charge in [0.05, 0.1) is 0 Å². The Bertz CT molecular complexity index is 498. The van der Waals surface area contributed by atoms with Crippen LogP contribution in [0.3, 0.4) is 0 Å². The Kier molecular flexibility index (Phi) is 3.73. The molecule has 17 heavy (non-hydrogen) atoms. The molecule has 0 saturated heterocycles. The van der Waals surface area contributed by atoms with Crippen LogP contribution in [0.2, 0.25) is 0 Å². The van der Waals surface area contributed by atoms with Gasteiger partial charge >= 0.3 is 0 Å². The Labute approximate surface area is 103 Å². The van der Waals surface area contributed by atoms with Gasteiger partial charge in [0.15, 0.2) is 0 Å². The fourth-order valence-electron chi connectivity index (χ4n) is 1.83. The number of benzene rings is 2. The molecule has 2 N–H and O–H groups in total. The van der Waals surface area contributed by atoms with Crippen molar-refractivity contribution in [2.24, 2.45) is 5.73 Å². The monoisotopic (exact) mass is 223 g/mol. The lowest BCUT2D eigenvalue weighted by atomic mass is 10.0. The predicted molar refractivity (Wildman–Crippen MR) is 74.4 cm³/mol. The smallest absolute Gasteiger partial charge is 0.0272 e. The van der Waals surface area contributed by atoms with E-state index in [1.165, 1.54) is 16.7 Å². The van der Waals surface area contributed by atoms with Crippen molar-refractivity contribution in [3.05, 3.63) is 71.3 Å². The fourth-order valence-corrected chi connectivity index (χ4v) is 1.83. The molecule has 2 aromatic rings. The topological polar surface area (TPSA) is 26.0 Å². The number of hydrogen-bond acceptors (Lipinski definition) is 1. The summed E-state index contributed by atoms with van der Waals surface area (Å²) < 4.78 is 0. The first kappa shape index (κ1) is 11.6. The number of rotatable bonds is 3. The van der Waals surface area contributed by atoms with E-state index in [0.29, 0.717) is 0 Å². The van der Waals surface area contributed by atoms with Crippen molar-refractivity contribution in [1.82, 2.24) is 0 Å². The van der Waals surface area contributed by atoms with Crippen molar-refractivity contribution in [2.75, 3.05) is 0 Å². The Balaban J connectivity index is 2.27. The Morgan fingerprint density at radius 3 is 2.24 bits per heavy atom. The van der Waals surface area contributed by atoms with Gasteiger partial charge < -0.3 is 5.73 Å².